The van der Waals surface area contributed by atoms with Crippen LogP contribution in [0.25, 0.3) is 5.69 Å². The first-order chi connectivity index (χ1) is 12.2. The van der Waals surface area contributed by atoms with Gasteiger partial charge < -0.3 is 15.4 Å². The maximum Gasteiger partial charge on any atom is 0.315 e. The summed E-state index contributed by atoms with van der Waals surface area (Å²) in [6, 6.07) is 9.87. The van der Waals surface area contributed by atoms with E-state index in [1.165, 1.54) is 0 Å². The van der Waals surface area contributed by atoms with Gasteiger partial charge in [0, 0.05) is 31.4 Å². The van der Waals surface area contributed by atoms with Crippen LogP contribution in [0.15, 0.2) is 36.7 Å². The fourth-order valence-electron chi connectivity index (χ4n) is 2.79. The smallest absolute Gasteiger partial charge is 0.315 e. The molecule has 8 heteroatoms. The minimum atomic E-state index is -0.206. The molecule has 1 aliphatic rings. The van der Waals surface area contributed by atoms with Crippen molar-refractivity contribution in [2.24, 2.45) is 0 Å². The van der Waals surface area contributed by atoms with Crippen molar-refractivity contribution < 1.29 is 9.53 Å². The lowest BCUT2D eigenvalue weighted by Crippen LogP contribution is -2.48. The molecule has 0 spiro atoms. The molecule has 8 nitrogen and oxygen atoms in total. The molecule has 1 atom stereocenters. The monoisotopic (exact) mass is 344 g/mol. The zero-order valence-corrected chi connectivity index (χ0v) is 14.4. The maximum absolute atomic E-state index is 12.1. The van der Waals surface area contributed by atoms with Crippen molar-refractivity contribution in [3.8, 4) is 5.69 Å². The van der Waals surface area contributed by atoms with Gasteiger partial charge in [0.15, 0.2) is 5.82 Å². The van der Waals surface area contributed by atoms with Crippen molar-refractivity contribution in [3.63, 3.8) is 0 Å². The van der Waals surface area contributed by atoms with Gasteiger partial charge in [-0.15, -0.1) is 10.2 Å². The molecule has 1 aromatic heterocycles. The lowest BCUT2D eigenvalue weighted by atomic mass is 10.2. The van der Waals surface area contributed by atoms with Crippen LogP contribution in [0.5, 0.6) is 0 Å². The summed E-state index contributed by atoms with van der Waals surface area (Å²) in [5.41, 5.74) is 0.964. The molecule has 2 aromatic rings. The molecular formula is C17H24N6O2. The van der Waals surface area contributed by atoms with Gasteiger partial charge in [-0.2, -0.15) is 0 Å². The lowest BCUT2D eigenvalue weighted by Gasteiger charge is -2.32. The maximum atomic E-state index is 12.1. The highest BCUT2D eigenvalue weighted by Crippen LogP contribution is 2.08. The first-order valence-corrected chi connectivity index (χ1v) is 8.52. The van der Waals surface area contributed by atoms with Gasteiger partial charge in [0.25, 0.3) is 0 Å². The number of morpholine rings is 1. The first kappa shape index (κ1) is 17.4. The predicted octanol–water partition coefficient (Wildman–Crippen LogP) is 0.787. The molecule has 1 saturated heterocycles. The molecule has 2 amide bonds. The van der Waals surface area contributed by atoms with E-state index in [-0.39, 0.29) is 12.1 Å². The molecule has 1 aromatic carbocycles. The molecule has 1 aliphatic heterocycles. The standard InChI is InChI=1S/C17H24N6O2/c1-14(22-7-9-25-10-8-22)11-18-17(24)19-12-16-21-20-13-23(16)15-5-3-2-4-6-15/h2-6,13-14H,7-12H2,1H3,(H2,18,19,24). The van der Waals surface area contributed by atoms with E-state index in [9.17, 15) is 4.79 Å². The quantitative estimate of drug-likeness (QED) is 0.809. The second-order valence-corrected chi connectivity index (χ2v) is 6.01. The van der Waals surface area contributed by atoms with Crippen molar-refractivity contribution in [2.75, 3.05) is 32.8 Å². The first-order valence-electron chi connectivity index (χ1n) is 8.52. The summed E-state index contributed by atoms with van der Waals surface area (Å²) >= 11 is 0. The molecular weight excluding hydrogens is 320 g/mol. The van der Waals surface area contributed by atoms with E-state index >= 15 is 0 Å². The van der Waals surface area contributed by atoms with Crippen molar-refractivity contribution in [3.05, 3.63) is 42.5 Å². The number of para-hydroxylation sites is 1. The Bertz CT molecular complexity index is 669. The number of aromatic nitrogens is 3. The number of hydrogen-bond acceptors (Lipinski definition) is 5. The zero-order valence-electron chi connectivity index (χ0n) is 14.4. The second kappa shape index (κ2) is 8.59. The Morgan fingerprint density at radius 2 is 2.00 bits per heavy atom. The van der Waals surface area contributed by atoms with Crippen LogP contribution in [0.2, 0.25) is 0 Å². The Balaban J connectivity index is 1.46. The summed E-state index contributed by atoms with van der Waals surface area (Å²) in [6.45, 7) is 6.34. The number of urea groups is 1. The lowest BCUT2D eigenvalue weighted by molar-refractivity contribution is 0.0209. The highest BCUT2D eigenvalue weighted by Gasteiger charge is 2.17. The van der Waals surface area contributed by atoms with Crippen LogP contribution < -0.4 is 10.6 Å². The minimum absolute atomic E-state index is 0.206. The van der Waals surface area contributed by atoms with Crippen LogP contribution in [0.1, 0.15) is 12.7 Å². The summed E-state index contributed by atoms with van der Waals surface area (Å²) in [5.74, 6) is 0.683. The largest absolute Gasteiger partial charge is 0.379 e. The van der Waals surface area contributed by atoms with E-state index in [0.717, 1.165) is 32.0 Å². The fraction of sp³-hybridized carbons (Fsp3) is 0.471. The van der Waals surface area contributed by atoms with Gasteiger partial charge in [0.2, 0.25) is 0 Å². The number of hydrogen-bond donors (Lipinski definition) is 2. The summed E-state index contributed by atoms with van der Waals surface area (Å²) in [7, 11) is 0. The van der Waals surface area contributed by atoms with Crippen molar-refractivity contribution in [2.45, 2.75) is 19.5 Å². The highest BCUT2D eigenvalue weighted by atomic mass is 16.5. The number of carbonyl (C=O) groups excluding carboxylic acids is 1. The number of ether oxygens (including phenoxy) is 1. The number of nitrogens with one attached hydrogen (secondary N) is 2. The Morgan fingerprint density at radius 3 is 2.76 bits per heavy atom. The molecule has 0 saturated carbocycles. The van der Waals surface area contributed by atoms with Crippen LogP contribution in [0, 0.1) is 0 Å². The molecule has 3 rings (SSSR count). The number of benzene rings is 1. The molecule has 2 N–H and O–H groups in total. The molecule has 25 heavy (non-hydrogen) atoms. The molecule has 1 unspecified atom stereocenters. The summed E-state index contributed by atoms with van der Waals surface area (Å²) in [4.78, 5) is 14.4. The zero-order chi connectivity index (χ0) is 17.5. The average molecular weight is 344 g/mol. The molecule has 0 radical (unpaired) electrons. The van der Waals surface area contributed by atoms with Gasteiger partial charge >= 0.3 is 6.03 Å². The van der Waals surface area contributed by atoms with E-state index in [1.54, 1.807) is 6.33 Å². The van der Waals surface area contributed by atoms with Crippen molar-refractivity contribution in [1.82, 2.24) is 30.3 Å². The Kier molecular flexibility index (Phi) is 5.97. The Morgan fingerprint density at radius 1 is 1.24 bits per heavy atom. The van der Waals surface area contributed by atoms with Crippen LogP contribution in [-0.2, 0) is 11.3 Å². The number of nitrogens with zero attached hydrogens (tertiary/aromatic N) is 4. The van der Waals surface area contributed by atoms with Crippen molar-refractivity contribution >= 4 is 6.03 Å². The Labute approximate surface area is 147 Å². The number of carbonyl (C=O) groups is 1. The van der Waals surface area contributed by atoms with Crippen molar-refractivity contribution in [1.29, 1.82) is 0 Å². The number of rotatable bonds is 6. The van der Waals surface area contributed by atoms with Gasteiger partial charge in [-0.25, -0.2) is 4.79 Å². The van der Waals surface area contributed by atoms with Gasteiger partial charge in [0.05, 0.1) is 19.8 Å². The molecule has 2 heterocycles. The van der Waals surface area contributed by atoms with E-state index in [2.05, 4.69) is 32.7 Å². The average Bonchev–Trinajstić information content (AvgIpc) is 3.14. The summed E-state index contributed by atoms with van der Waals surface area (Å²) < 4.78 is 7.20. The molecule has 134 valence electrons. The van der Waals surface area contributed by atoms with Crippen LogP contribution >= 0.6 is 0 Å². The minimum Gasteiger partial charge on any atom is -0.379 e. The normalized spacial score (nSPS) is 16.4. The summed E-state index contributed by atoms with van der Waals surface area (Å²) in [6.07, 6.45) is 1.64. The van der Waals surface area contributed by atoms with E-state index in [0.29, 0.717) is 18.9 Å². The van der Waals surface area contributed by atoms with Gasteiger partial charge in [-0.05, 0) is 19.1 Å². The third-order valence-electron chi connectivity index (χ3n) is 4.29. The SMILES string of the molecule is CC(CNC(=O)NCc1nncn1-c1ccccc1)N1CCOCC1. The van der Waals surface area contributed by atoms with Crippen LogP contribution in [0.3, 0.4) is 0 Å². The van der Waals surface area contributed by atoms with Crippen LogP contribution in [0.4, 0.5) is 4.79 Å². The van der Waals surface area contributed by atoms with Crippen LogP contribution in [-0.4, -0.2) is 64.6 Å². The van der Waals surface area contributed by atoms with E-state index in [1.807, 2.05) is 34.9 Å². The topological polar surface area (TPSA) is 84.3 Å². The third kappa shape index (κ3) is 4.77. The molecule has 1 fully saturated rings. The fourth-order valence-corrected chi connectivity index (χ4v) is 2.79. The Hall–Kier alpha value is -2.45. The molecule has 0 bridgehead atoms. The molecule has 0 aliphatic carbocycles. The number of amides is 2. The predicted molar refractivity (Wildman–Crippen MR) is 93.5 cm³/mol. The van der Waals surface area contributed by atoms with Gasteiger partial charge in [-0.3, -0.25) is 9.47 Å². The van der Waals surface area contributed by atoms with E-state index in [4.69, 9.17) is 4.74 Å². The second-order valence-electron chi connectivity index (χ2n) is 6.01. The van der Waals surface area contributed by atoms with Gasteiger partial charge in [-0.1, -0.05) is 18.2 Å². The third-order valence-corrected chi connectivity index (χ3v) is 4.29. The highest BCUT2D eigenvalue weighted by molar-refractivity contribution is 5.73. The van der Waals surface area contributed by atoms with Gasteiger partial charge in [0.1, 0.15) is 6.33 Å². The van der Waals surface area contributed by atoms with E-state index < -0.39 is 0 Å². The summed E-state index contributed by atoms with van der Waals surface area (Å²) in [5, 5.41) is 13.8.